The van der Waals surface area contributed by atoms with E-state index in [0.29, 0.717) is 12.1 Å². The lowest BCUT2D eigenvalue weighted by Gasteiger charge is -2.37. The summed E-state index contributed by atoms with van der Waals surface area (Å²) in [5.41, 5.74) is 0. The molecule has 0 aromatic heterocycles. The molecule has 1 heterocycles. The van der Waals surface area contributed by atoms with Crippen molar-refractivity contribution >= 4 is 0 Å². The van der Waals surface area contributed by atoms with Crippen LogP contribution in [0.1, 0.15) is 19.8 Å². The molecule has 2 unspecified atom stereocenters. The molecule has 1 saturated heterocycles. The summed E-state index contributed by atoms with van der Waals surface area (Å²) >= 11 is 0. The minimum absolute atomic E-state index is 0.257. The van der Waals surface area contributed by atoms with Crippen molar-refractivity contribution in [3.05, 3.63) is 0 Å². The first kappa shape index (κ1) is 12.9. The standard InChI is InChI=1S/C11H24N2O2/c1-3-11-9-15-7-5-13(11)8-10(12-2)4-6-14/h10-12,14H,3-9H2,1-2H3. The van der Waals surface area contributed by atoms with Crippen LogP contribution in [0, 0.1) is 0 Å². The number of hydrogen-bond acceptors (Lipinski definition) is 4. The van der Waals surface area contributed by atoms with E-state index in [4.69, 9.17) is 9.84 Å². The summed E-state index contributed by atoms with van der Waals surface area (Å²) in [6, 6.07) is 0.940. The Labute approximate surface area is 92.6 Å². The van der Waals surface area contributed by atoms with Crippen molar-refractivity contribution in [2.45, 2.75) is 31.8 Å². The highest BCUT2D eigenvalue weighted by atomic mass is 16.5. The van der Waals surface area contributed by atoms with E-state index in [-0.39, 0.29) is 6.61 Å². The second kappa shape index (κ2) is 7.17. The summed E-state index contributed by atoms with van der Waals surface area (Å²) in [5, 5.41) is 12.2. The molecule has 1 fully saturated rings. The number of morpholine rings is 1. The minimum Gasteiger partial charge on any atom is -0.396 e. The van der Waals surface area contributed by atoms with Crippen molar-refractivity contribution in [1.29, 1.82) is 0 Å². The molecule has 15 heavy (non-hydrogen) atoms. The molecule has 0 bridgehead atoms. The lowest BCUT2D eigenvalue weighted by Crippen LogP contribution is -2.50. The lowest BCUT2D eigenvalue weighted by atomic mass is 10.1. The molecule has 1 aliphatic rings. The van der Waals surface area contributed by atoms with Crippen LogP contribution in [0.2, 0.25) is 0 Å². The van der Waals surface area contributed by atoms with Crippen LogP contribution in [0.25, 0.3) is 0 Å². The number of hydrogen-bond donors (Lipinski definition) is 2. The molecule has 0 radical (unpaired) electrons. The fourth-order valence-electron chi connectivity index (χ4n) is 2.07. The van der Waals surface area contributed by atoms with E-state index in [1.54, 1.807) is 0 Å². The van der Waals surface area contributed by atoms with Gasteiger partial charge < -0.3 is 15.2 Å². The number of likely N-dealkylation sites (N-methyl/N-ethyl adjacent to an activating group) is 1. The molecule has 0 amide bonds. The summed E-state index contributed by atoms with van der Waals surface area (Å²) in [7, 11) is 1.96. The summed E-state index contributed by atoms with van der Waals surface area (Å²) in [4.78, 5) is 2.47. The Morgan fingerprint density at radius 1 is 1.60 bits per heavy atom. The highest BCUT2D eigenvalue weighted by Gasteiger charge is 2.23. The van der Waals surface area contributed by atoms with Crippen LogP contribution in [-0.4, -0.2) is 62.0 Å². The van der Waals surface area contributed by atoms with Gasteiger partial charge in [-0.15, -0.1) is 0 Å². The van der Waals surface area contributed by atoms with Gasteiger partial charge in [0.05, 0.1) is 13.2 Å². The van der Waals surface area contributed by atoms with E-state index >= 15 is 0 Å². The number of rotatable bonds is 6. The zero-order chi connectivity index (χ0) is 11.1. The first-order valence-corrected chi connectivity index (χ1v) is 5.91. The van der Waals surface area contributed by atoms with Gasteiger partial charge in [0.15, 0.2) is 0 Å². The second-order valence-corrected chi connectivity index (χ2v) is 4.13. The van der Waals surface area contributed by atoms with Crippen LogP contribution in [-0.2, 0) is 4.74 Å². The van der Waals surface area contributed by atoms with Crippen LogP contribution < -0.4 is 5.32 Å². The van der Waals surface area contributed by atoms with Crippen molar-refractivity contribution in [1.82, 2.24) is 10.2 Å². The molecule has 90 valence electrons. The Hall–Kier alpha value is -0.160. The molecule has 0 spiro atoms. The quantitative estimate of drug-likeness (QED) is 0.659. The molecule has 4 heteroatoms. The topological polar surface area (TPSA) is 44.7 Å². The average molecular weight is 216 g/mol. The number of nitrogens with zero attached hydrogens (tertiary/aromatic N) is 1. The maximum atomic E-state index is 8.94. The van der Waals surface area contributed by atoms with Gasteiger partial charge in [0.1, 0.15) is 0 Å². The van der Waals surface area contributed by atoms with Gasteiger partial charge in [0.25, 0.3) is 0 Å². The third-order valence-corrected chi connectivity index (χ3v) is 3.16. The zero-order valence-corrected chi connectivity index (χ0v) is 9.91. The highest BCUT2D eigenvalue weighted by Crippen LogP contribution is 2.11. The summed E-state index contributed by atoms with van der Waals surface area (Å²) in [6.45, 7) is 6.18. The average Bonchev–Trinajstić information content (AvgIpc) is 2.29. The van der Waals surface area contributed by atoms with Gasteiger partial charge in [-0.05, 0) is 19.9 Å². The minimum atomic E-state index is 0.257. The molecule has 0 aliphatic carbocycles. The smallest absolute Gasteiger partial charge is 0.0622 e. The van der Waals surface area contributed by atoms with Gasteiger partial charge in [0, 0.05) is 31.8 Å². The van der Waals surface area contributed by atoms with Crippen molar-refractivity contribution in [2.75, 3.05) is 40.0 Å². The Balaban J connectivity index is 2.38. The largest absolute Gasteiger partial charge is 0.396 e. The van der Waals surface area contributed by atoms with Gasteiger partial charge in [-0.25, -0.2) is 0 Å². The molecule has 1 aliphatic heterocycles. The first-order chi connectivity index (χ1) is 7.31. The normalized spacial score (nSPS) is 25.4. The van der Waals surface area contributed by atoms with Gasteiger partial charge in [0.2, 0.25) is 0 Å². The van der Waals surface area contributed by atoms with Crippen LogP contribution in [0.3, 0.4) is 0 Å². The number of aliphatic hydroxyl groups is 1. The number of aliphatic hydroxyl groups excluding tert-OH is 1. The molecular weight excluding hydrogens is 192 g/mol. The molecular formula is C11H24N2O2. The number of nitrogens with one attached hydrogen (secondary N) is 1. The van der Waals surface area contributed by atoms with Crippen molar-refractivity contribution in [3.63, 3.8) is 0 Å². The van der Waals surface area contributed by atoms with E-state index in [1.807, 2.05) is 7.05 Å². The lowest BCUT2D eigenvalue weighted by molar-refractivity contribution is -0.0132. The predicted octanol–water partition coefficient (Wildman–Crippen LogP) is 0.0676. The van der Waals surface area contributed by atoms with Crippen LogP contribution in [0.15, 0.2) is 0 Å². The molecule has 0 saturated carbocycles. The van der Waals surface area contributed by atoms with Crippen LogP contribution >= 0.6 is 0 Å². The summed E-state index contributed by atoms with van der Waals surface area (Å²) in [6.07, 6.45) is 1.96. The monoisotopic (exact) mass is 216 g/mol. The van der Waals surface area contributed by atoms with Gasteiger partial charge in [-0.2, -0.15) is 0 Å². The zero-order valence-electron chi connectivity index (χ0n) is 9.91. The summed E-state index contributed by atoms with van der Waals surface area (Å²) < 4.78 is 5.47. The van der Waals surface area contributed by atoms with Crippen molar-refractivity contribution in [3.8, 4) is 0 Å². The molecule has 2 atom stereocenters. The predicted molar refractivity (Wildman–Crippen MR) is 61.0 cm³/mol. The van der Waals surface area contributed by atoms with Crippen molar-refractivity contribution < 1.29 is 9.84 Å². The maximum Gasteiger partial charge on any atom is 0.0622 e. The fourth-order valence-corrected chi connectivity index (χ4v) is 2.07. The van der Waals surface area contributed by atoms with Crippen LogP contribution in [0.4, 0.5) is 0 Å². The third-order valence-electron chi connectivity index (χ3n) is 3.16. The molecule has 0 aromatic rings. The summed E-state index contributed by atoms with van der Waals surface area (Å²) in [5.74, 6) is 0. The Morgan fingerprint density at radius 3 is 3.00 bits per heavy atom. The SMILES string of the molecule is CCC1COCCN1CC(CCO)NC. The maximum absolute atomic E-state index is 8.94. The Bertz CT molecular complexity index is 167. The van der Waals surface area contributed by atoms with Crippen molar-refractivity contribution in [2.24, 2.45) is 0 Å². The van der Waals surface area contributed by atoms with Gasteiger partial charge >= 0.3 is 0 Å². The highest BCUT2D eigenvalue weighted by molar-refractivity contribution is 4.78. The Kier molecular flexibility index (Phi) is 6.17. The van der Waals surface area contributed by atoms with Gasteiger partial charge in [-0.3, -0.25) is 4.90 Å². The molecule has 4 nitrogen and oxygen atoms in total. The molecule has 1 rings (SSSR count). The third kappa shape index (κ3) is 4.07. The Morgan fingerprint density at radius 2 is 2.40 bits per heavy atom. The first-order valence-electron chi connectivity index (χ1n) is 5.91. The van der Waals surface area contributed by atoms with E-state index in [9.17, 15) is 0 Å². The molecule has 0 aromatic carbocycles. The van der Waals surface area contributed by atoms with Crippen LogP contribution in [0.5, 0.6) is 0 Å². The van der Waals surface area contributed by atoms with Gasteiger partial charge in [-0.1, -0.05) is 6.92 Å². The van der Waals surface area contributed by atoms with E-state index < -0.39 is 0 Å². The van der Waals surface area contributed by atoms with E-state index in [1.165, 1.54) is 0 Å². The van der Waals surface area contributed by atoms with E-state index in [2.05, 4.69) is 17.1 Å². The fraction of sp³-hybridized carbons (Fsp3) is 1.00. The second-order valence-electron chi connectivity index (χ2n) is 4.13. The van der Waals surface area contributed by atoms with E-state index in [0.717, 1.165) is 39.1 Å². The number of ether oxygens (including phenoxy) is 1. The molecule has 2 N–H and O–H groups in total.